The second kappa shape index (κ2) is 3.67. The Morgan fingerprint density at radius 3 is 2.82 bits per heavy atom. The molecule has 1 aliphatic rings. The Labute approximate surface area is 101 Å². The molecule has 1 atom stereocenters. The smallest absolute Gasteiger partial charge is 0.163 e. The minimum atomic E-state index is 0.375. The van der Waals surface area contributed by atoms with Gasteiger partial charge in [-0.15, -0.1) is 10.2 Å². The maximum atomic E-state index is 4.19. The van der Waals surface area contributed by atoms with E-state index < -0.39 is 0 Å². The molecule has 0 radical (unpaired) electrons. The number of likely N-dealkylation sites (N-methyl/N-ethyl adjacent to an activating group) is 1. The number of pyridine rings is 1. The molecule has 0 aromatic carbocycles. The first-order valence-electron chi connectivity index (χ1n) is 5.85. The number of aryl methyl sites for hydroxylation is 2. The summed E-state index contributed by atoms with van der Waals surface area (Å²) in [5.41, 5.74) is 3.43. The first kappa shape index (κ1) is 10.5. The minimum Gasteiger partial charge on any atom is -0.292 e. The van der Waals surface area contributed by atoms with Gasteiger partial charge < -0.3 is 0 Å². The molecule has 3 rings (SSSR count). The Morgan fingerprint density at radius 1 is 1.29 bits per heavy atom. The van der Waals surface area contributed by atoms with Crippen LogP contribution in [0.2, 0.25) is 0 Å². The van der Waals surface area contributed by atoms with Crippen LogP contribution in [0.3, 0.4) is 0 Å². The van der Waals surface area contributed by atoms with Gasteiger partial charge in [-0.2, -0.15) is 0 Å². The first-order valence-corrected chi connectivity index (χ1v) is 5.85. The summed E-state index contributed by atoms with van der Waals surface area (Å²) in [6.45, 7) is 5.09. The minimum absolute atomic E-state index is 0.375. The number of rotatable bonds is 1. The van der Waals surface area contributed by atoms with Gasteiger partial charge in [0.25, 0.3) is 0 Å². The zero-order valence-corrected chi connectivity index (χ0v) is 10.4. The van der Waals surface area contributed by atoms with Crippen molar-refractivity contribution < 1.29 is 0 Å². The molecule has 0 bridgehead atoms. The summed E-state index contributed by atoms with van der Waals surface area (Å²) in [6, 6.07) is 2.58. The largest absolute Gasteiger partial charge is 0.292 e. The number of nitrogens with zero attached hydrogens (tertiary/aromatic N) is 4. The van der Waals surface area contributed by atoms with E-state index in [-0.39, 0.29) is 0 Å². The highest BCUT2D eigenvalue weighted by Crippen LogP contribution is 2.26. The van der Waals surface area contributed by atoms with Crippen LogP contribution in [-0.2, 0) is 0 Å². The monoisotopic (exact) mass is 228 g/mol. The van der Waals surface area contributed by atoms with Gasteiger partial charge >= 0.3 is 0 Å². The lowest BCUT2D eigenvalue weighted by molar-refractivity contribution is 0.339. The van der Waals surface area contributed by atoms with E-state index >= 15 is 0 Å². The Kier molecular flexibility index (Phi) is 2.26. The van der Waals surface area contributed by atoms with Gasteiger partial charge in [-0.1, -0.05) is 12.2 Å². The normalized spacial score (nSPS) is 20.5. The Balaban J connectivity index is 2.17. The molecule has 0 amide bonds. The van der Waals surface area contributed by atoms with Gasteiger partial charge in [-0.3, -0.25) is 9.30 Å². The van der Waals surface area contributed by atoms with Crippen molar-refractivity contribution in [1.29, 1.82) is 0 Å². The maximum Gasteiger partial charge on any atom is 0.163 e. The number of fused-ring (bicyclic) bond motifs is 1. The molecule has 0 saturated heterocycles. The molecule has 1 aliphatic heterocycles. The van der Waals surface area contributed by atoms with Crippen molar-refractivity contribution in [3.63, 3.8) is 0 Å². The van der Waals surface area contributed by atoms with Crippen molar-refractivity contribution in [1.82, 2.24) is 19.5 Å². The number of hydrogen-bond donors (Lipinski definition) is 0. The second-order valence-electron chi connectivity index (χ2n) is 4.71. The molecule has 0 aliphatic carbocycles. The second-order valence-corrected chi connectivity index (χ2v) is 4.71. The maximum absolute atomic E-state index is 4.19. The molecule has 0 saturated carbocycles. The van der Waals surface area contributed by atoms with Crippen LogP contribution in [0.25, 0.3) is 5.65 Å². The Bertz CT molecular complexity index is 597. The Hall–Kier alpha value is -1.68. The summed E-state index contributed by atoms with van der Waals surface area (Å²) < 4.78 is 2.07. The van der Waals surface area contributed by atoms with Crippen LogP contribution in [0.5, 0.6) is 0 Å². The van der Waals surface area contributed by atoms with Crippen LogP contribution in [0.15, 0.2) is 24.4 Å². The molecule has 17 heavy (non-hydrogen) atoms. The van der Waals surface area contributed by atoms with Gasteiger partial charge in [0, 0.05) is 12.7 Å². The molecule has 2 aromatic heterocycles. The molecule has 0 N–H and O–H groups in total. The third-order valence-electron chi connectivity index (χ3n) is 3.41. The predicted molar refractivity (Wildman–Crippen MR) is 67.0 cm³/mol. The fraction of sp³-hybridized carbons (Fsp3) is 0.385. The lowest BCUT2D eigenvalue weighted by Crippen LogP contribution is -2.18. The molecule has 0 fully saturated rings. The zero-order chi connectivity index (χ0) is 12.0. The number of aromatic nitrogens is 3. The van der Waals surface area contributed by atoms with Crippen molar-refractivity contribution in [3.8, 4) is 0 Å². The van der Waals surface area contributed by atoms with E-state index in [9.17, 15) is 0 Å². The average molecular weight is 228 g/mol. The fourth-order valence-electron chi connectivity index (χ4n) is 2.44. The van der Waals surface area contributed by atoms with E-state index in [1.54, 1.807) is 0 Å². The van der Waals surface area contributed by atoms with Crippen LogP contribution in [0.1, 0.15) is 23.0 Å². The van der Waals surface area contributed by atoms with Gasteiger partial charge in [0.2, 0.25) is 0 Å². The van der Waals surface area contributed by atoms with E-state index in [1.165, 1.54) is 11.1 Å². The van der Waals surface area contributed by atoms with Crippen LogP contribution >= 0.6 is 0 Å². The van der Waals surface area contributed by atoms with E-state index in [1.807, 2.05) is 6.92 Å². The summed E-state index contributed by atoms with van der Waals surface area (Å²) in [7, 11) is 2.14. The highest BCUT2D eigenvalue weighted by molar-refractivity contribution is 5.49. The summed E-state index contributed by atoms with van der Waals surface area (Å²) in [5.74, 6) is 0.939. The molecule has 2 aromatic rings. The van der Waals surface area contributed by atoms with Crippen LogP contribution < -0.4 is 0 Å². The topological polar surface area (TPSA) is 33.4 Å². The van der Waals surface area contributed by atoms with E-state index in [0.29, 0.717) is 6.04 Å². The SMILES string of the molecule is Cc1cc(C2C=CCN2C)cn2c(C)nnc12. The van der Waals surface area contributed by atoms with Crippen LogP contribution in [-0.4, -0.2) is 33.1 Å². The van der Waals surface area contributed by atoms with Crippen LogP contribution in [0, 0.1) is 13.8 Å². The van der Waals surface area contributed by atoms with Crippen molar-refractivity contribution in [2.45, 2.75) is 19.9 Å². The first-order chi connectivity index (χ1) is 8.16. The highest BCUT2D eigenvalue weighted by Gasteiger charge is 2.19. The van der Waals surface area contributed by atoms with Crippen molar-refractivity contribution in [2.75, 3.05) is 13.6 Å². The van der Waals surface area contributed by atoms with E-state index in [4.69, 9.17) is 0 Å². The highest BCUT2D eigenvalue weighted by atomic mass is 15.2. The predicted octanol–water partition coefficient (Wildman–Crippen LogP) is 1.89. The molecule has 88 valence electrons. The average Bonchev–Trinajstić information content (AvgIpc) is 2.86. The van der Waals surface area contributed by atoms with Crippen molar-refractivity contribution >= 4 is 5.65 Å². The molecule has 4 heteroatoms. The summed E-state index contributed by atoms with van der Waals surface area (Å²) in [6.07, 6.45) is 6.61. The van der Waals surface area contributed by atoms with Gasteiger partial charge in [0.15, 0.2) is 5.65 Å². The molecule has 3 heterocycles. The van der Waals surface area contributed by atoms with Gasteiger partial charge in [0.05, 0.1) is 6.04 Å². The zero-order valence-electron chi connectivity index (χ0n) is 10.4. The molecule has 4 nitrogen and oxygen atoms in total. The Morgan fingerprint density at radius 2 is 2.12 bits per heavy atom. The van der Waals surface area contributed by atoms with Crippen molar-refractivity contribution in [3.05, 3.63) is 41.4 Å². The van der Waals surface area contributed by atoms with E-state index in [2.05, 4.69) is 57.9 Å². The summed E-state index contributed by atoms with van der Waals surface area (Å²) in [4.78, 5) is 2.32. The standard InChI is InChI=1S/C13H16N4/c1-9-7-11(12-5-4-6-16(12)3)8-17-10(2)14-15-13(9)17/h4-5,7-8,12H,6H2,1-3H3. The summed E-state index contributed by atoms with van der Waals surface area (Å²) >= 11 is 0. The fourth-order valence-corrected chi connectivity index (χ4v) is 2.44. The quantitative estimate of drug-likeness (QED) is 0.699. The third kappa shape index (κ3) is 1.56. The lowest BCUT2D eigenvalue weighted by Gasteiger charge is -2.20. The van der Waals surface area contributed by atoms with Gasteiger partial charge in [-0.25, -0.2) is 0 Å². The molecule has 1 unspecified atom stereocenters. The van der Waals surface area contributed by atoms with Crippen molar-refractivity contribution in [2.24, 2.45) is 0 Å². The van der Waals surface area contributed by atoms with E-state index in [0.717, 1.165) is 18.0 Å². The lowest BCUT2D eigenvalue weighted by atomic mass is 10.1. The van der Waals surface area contributed by atoms with Gasteiger partial charge in [-0.05, 0) is 38.1 Å². The molecular formula is C13H16N4. The molecule has 0 spiro atoms. The number of hydrogen-bond acceptors (Lipinski definition) is 3. The summed E-state index contributed by atoms with van der Waals surface area (Å²) in [5, 5.41) is 8.31. The van der Waals surface area contributed by atoms with Gasteiger partial charge in [0.1, 0.15) is 5.82 Å². The third-order valence-corrected chi connectivity index (χ3v) is 3.41. The van der Waals surface area contributed by atoms with Crippen LogP contribution in [0.4, 0.5) is 0 Å². The molecular weight excluding hydrogens is 212 g/mol.